The molecule has 0 bridgehead atoms. The summed E-state index contributed by atoms with van der Waals surface area (Å²) in [6.45, 7) is 4.16. The van der Waals surface area contributed by atoms with Gasteiger partial charge in [-0.1, -0.05) is 23.7 Å². The molecule has 29 heavy (non-hydrogen) atoms. The second-order valence-electron chi connectivity index (χ2n) is 8.29. The molecule has 0 aromatic carbocycles. The average molecular weight is 447 g/mol. The summed E-state index contributed by atoms with van der Waals surface area (Å²) in [6, 6.07) is 1.27. The highest BCUT2D eigenvalue weighted by Gasteiger charge is 2.53. The summed E-state index contributed by atoms with van der Waals surface area (Å²) in [6.07, 6.45) is 3.76. The summed E-state index contributed by atoms with van der Waals surface area (Å²) >= 11 is 7.30. The van der Waals surface area contributed by atoms with Crippen molar-refractivity contribution in [3.05, 3.63) is 32.7 Å². The fraction of sp³-hybridized carbons (Fsp3) is 0.684. The third kappa shape index (κ3) is 4.07. The number of rotatable bonds is 5. The first-order valence-electron chi connectivity index (χ1n) is 9.81. The predicted octanol–water partition coefficient (Wildman–Crippen LogP) is 3.84. The van der Waals surface area contributed by atoms with Crippen molar-refractivity contribution in [3.8, 4) is 0 Å². The van der Waals surface area contributed by atoms with E-state index in [2.05, 4.69) is 15.6 Å². The SMILES string of the molecule is C[C@@H](CO)CCn1cc([C@@H]2CC3(C[C@H](C)N2)OCC(F)(F)c2cc(Cl)sc23)nn1. The molecular formula is C19H25ClF2N4O2S. The molecule has 10 heteroatoms. The number of ether oxygens (including phenoxy) is 1. The van der Waals surface area contributed by atoms with Crippen molar-refractivity contribution >= 4 is 22.9 Å². The highest BCUT2D eigenvalue weighted by Crippen LogP contribution is 2.54. The van der Waals surface area contributed by atoms with E-state index in [0.29, 0.717) is 28.6 Å². The molecule has 2 aromatic heterocycles. The van der Waals surface area contributed by atoms with E-state index in [1.165, 1.54) is 17.4 Å². The van der Waals surface area contributed by atoms with E-state index >= 15 is 0 Å². The van der Waals surface area contributed by atoms with Crippen molar-refractivity contribution in [2.24, 2.45) is 5.92 Å². The molecular weight excluding hydrogens is 422 g/mol. The van der Waals surface area contributed by atoms with E-state index in [-0.39, 0.29) is 30.2 Å². The lowest BCUT2D eigenvalue weighted by Gasteiger charge is -2.47. The van der Waals surface area contributed by atoms with Crippen LogP contribution in [0.4, 0.5) is 8.78 Å². The second-order valence-corrected chi connectivity index (χ2v) is 9.98. The second kappa shape index (κ2) is 7.85. The Bertz CT molecular complexity index is 876. The number of nitrogens with zero attached hydrogens (tertiary/aromatic N) is 3. The summed E-state index contributed by atoms with van der Waals surface area (Å²) in [5, 5.41) is 21.2. The zero-order chi connectivity index (χ0) is 20.8. The fourth-order valence-electron chi connectivity index (χ4n) is 4.23. The topological polar surface area (TPSA) is 72.2 Å². The Balaban J connectivity index is 1.59. The quantitative estimate of drug-likeness (QED) is 0.730. The Morgan fingerprint density at radius 1 is 1.48 bits per heavy atom. The van der Waals surface area contributed by atoms with E-state index in [1.807, 2.05) is 20.0 Å². The molecule has 4 heterocycles. The lowest BCUT2D eigenvalue weighted by molar-refractivity contribution is -0.183. The lowest BCUT2D eigenvalue weighted by Crippen LogP contribution is -2.51. The van der Waals surface area contributed by atoms with Gasteiger partial charge in [-0.2, -0.15) is 8.78 Å². The van der Waals surface area contributed by atoms with Crippen LogP contribution in [0, 0.1) is 5.92 Å². The monoisotopic (exact) mass is 446 g/mol. The van der Waals surface area contributed by atoms with Crippen LogP contribution in [0.25, 0.3) is 0 Å². The van der Waals surface area contributed by atoms with Crippen molar-refractivity contribution in [2.45, 2.75) is 63.3 Å². The Morgan fingerprint density at radius 3 is 3.03 bits per heavy atom. The first kappa shape index (κ1) is 21.1. The van der Waals surface area contributed by atoms with Crippen molar-refractivity contribution in [1.29, 1.82) is 0 Å². The number of aromatic nitrogens is 3. The van der Waals surface area contributed by atoms with Gasteiger partial charge in [-0.3, -0.25) is 4.68 Å². The van der Waals surface area contributed by atoms with Gasteiger partial charge in [0.05, 0.1) is 22.3 Å². The molecule has 1 saturated heterocycles. The van der Waals surface area contributed by atoms with Gasteiger partial charge in [-0.25, -0.2) is 0 Å². The van der Waals surface area contributed by atoms with Gasteiger partial charge in [-0.15, -0.1) is 16.4 Å². The number of alkyl halides is 2. The first-order chi connectivity index (χ1) is 13.7. The summed E-state index contributed by atoms with van der Waals surface area (Å²) in [5.74, 6) is -2.83. The number of nitrogens with one attached hydrogen (secondary N) is 1. The highest BCUT2D eigenvalue weighted by molar-refractivity contribution is 7.16. The van der Waals surface area contributed by atoms with Crippen molar-refractivity contribution in [3.63, 3.8) is 0 Å². The minimum Gasteiger partial charge on any atom is -0.396 e. The number of aryl methyl sites for hydroxylation is 1. The van der Waals surface area contributed by atoms with Gasteiger partial charge >= 0.3 is 0 Å². The third-order valence-corrected chi connectivity index (χ3v) is 7.22. The summed E-state index contributed by atoms with van der Waals surface area (Å²) < 4.78 is 36.8. The number of piperidine rings is 1. The molecule has 4 rings (SSSR count). The van der Waals surface area contributed by atoms with Gasteiger partial charge in [0.1, 0.15) is 12.2 Å². The maximum atomic E-state index is 14.4. The maximum Gasteiger partial charge on any atom is 0.297 e. The van der Waals surface area contributed by atoms with E-state index in [1.54, 1.807) is 4.68 Å². The zero-order valence-electron chi connectivity index (χ0n) is 16.4. The van der Waals surface area contributed by atoms with Gasteiger partial charge in [0, 0.05) is 36.1 Å². The normalized spacial score (nSPS) is 29.7. The van der Waals surface area contributed by atoms with Crippen LogP contribution in [0.15, 0.2) is 12.3 Å². The van der Waals surface area contributed by atoms with Crippen molar-refractivity contribution in [2.75, 3.05) is 13.2 Å². The average Bonchev–Trinajstić information content (AvgIpc) is 3.31. The molecule has 2 aliphatic rings. The minimum atomic E-state index is -3.03. The van der Waals surface area contributed by atoms with Crippen LogP contribution in [0.5, 0.6) is 0 Å². The number of aliphatic hydroxyl groups is 1. The van der Waals surface area contributed by atoms with Gasteiger partial charge in [-0.05, 0) is 31.7 Å². The van der Waals surface area contributed by atoms with E-state index in [0.717, 1.165) is 12.1 Å². The molecule has 6 nitrogen and oxygen atoms in total. The molecule has 0 amide bonds. The first-order valence-corrected chi connectivity index (χ1v) is 11.0. The summed E-state index contributed by atoms with van der Waals surface area (Å²) in [5.41, 5.74) is -0.0507. The highest BCUT2D eigenvalue weighted by atomic mass is 35.5. The Kier molecular flexibility index (Phi) is 5.71. The molecule has 2 aliphatic heterocycles. The fourth-order valence-corrected chi connectivity index (χ4v) is 5.67. The van der Waals surface area contributed by atoms with Gasteiger partial charge < -0.3 is 15.2 Å². The van der Waals surface area contributed by atoms with E-state index in [4.69, 9.17) is 16.3 Å². The smallest absolute Gasteiger partial charge is 0.297 e. The number of hydrogen-bond donors (Lipinski definition) is 2. The van der Waals surface area contributed by atoms with Crippen LogP contribution in [0.1, 0.15) is 55.3 Å². The van der Waals surface area contributed by atoms with Crippen LogP contribution in [0.3, 0.4) is 0 Å². The summed E-state index contributed by atoms with van der Waals surface area (Å²) in [7, 11) is 0. The van der Waals surface area contributed by atoms with Crippen molar-refractivity contribution in [1.82, 2.24) is 20.3 Å². The molecule has 2 N–H and O–H groups in total. The van der Waals surface area contributed by atoms with Crippen molar-refractivity contribution < 1.29 is 18.6 Å². The van der Waals surface area contributed by atoms with Gasteiger partial charge in [0.25, 0.3) is 5.92 Å². The van der Waals surface area contributed by atoms with E-state index < -0.39 is 18.1 Å². The zero-order valence-corrected chi connectivity index (χ0v) is 17.9. The minimum absolute atomic E-state index is 0.00625. The summed E-state index contributed by atoms with van der Waals surface area (Å²) in [4.78, 5) is 0.529. The Hall–Kier alpha value is -1.13. The van der Waals surface area contributed by atoms with Crippen LogP contribution in [0.2, 0.25) is 4.34 Å². The Labute approximate surface area is 177 Å². The number of thiophene rings is 1. The number of fused-ring (bicyclic) bond motifs is 2. The molecule has 160 valence electrons. The van der Waals surface area contributed by atoms with Gasteiger partial charge in [0.15, 0.2) is 0 Å². The molecule has 0 aliphatic carbocycles. The van der Waals surface area contributed by atoms with Gasteiger partial charge in [0.2, 0.25) is 0 Å². The van der Waals surface area contributed by atoms with Crippen LogP contribution < -0.4 is 5.32 Å². The Morgan fingerprint density at radius 2 is 2.28 bits per heavy atom. The number of halogens is 3. The largest absolute Gasteiger partial charge is 0.396 e. The van der Waals surface area contributed by atoms with Crippen LogP contribution >= 0.6 is 22.9 Å². The number of aliphatic hydroxyl groups excluding tert-OH is 1. The standard InChI is InChI=1S/C19H25ClF2N4O2S/c1-11(9-27)3-4-26-8-15(24-25-26)14-7-18(6-12(2)23-14)17-13(5-16(20)29-17)19(21,22)10-28-18/h5,8,11-12,14,23,27H,3-4,6-7,9-10H2,1-2H3/t11-,12+,14+,18?/m1/s1. The lowest BCUT2D eigenvalue weighted by atomic mass is 9.78. The van der Waals surface area contributed by atoms with E-state index in [9.17, 15) is 13.9 Å². The molecule has 2 aromatic rings. The maximum absolute atomic E-state index is 14.4. The molecule has 4 atom stereocenters. The molecule has 1 spiro atoms. The third-order valence-electron chi connectivity index (χ3n) is 5.77. The number of hydrogen-bond acceptors (Lipinski definition) is 6. The predicted molar refractivity (Wildman–Crippen MR) is 106 cm³/mol. The van der Waals surface area contributed by atoms with Crippen LogP contribution in [-0.2, 0) is 22.8 Å². The molecule has 1 fully saturated rings. The van der Waals surface area contributed by atoms with Crippen LogP contribution in [-0.4, -0.2) is 39.4 Å². The molecule has 0 saturated carbocycles. The molecule has 0 radical (unpaired) electrons. The molecule has 1 unspecified atom stereocenters.